The van der Waals surface area contributed by atoms with E-state index < -0.39 is 0 Å². The normalized spacial score (nSPS) is 32.1. The quantitative estimate of drug-likeness (QED) is 0.453. The van der Waals surface area contributed by atoms with Crippen LogP contribution < -0.4 is 5.32 Å². The molecule has 0 spiro atoms. The van der Waals surface area contributed by atoms with Crippen molar-refractivity contribution in [1.82, 2.24) is 5.32 Å². The molecule has 0 radical (unpaired) electrons. The van der Waals surface area contributed by atoms with Gasteiger partial charge < -0.3 is 10.4 Å². The standard InChI is InChI=1S/C33H40N2O2/c1-22(24-8-4-3-5-9-24)23(2)35-31(37)33-16-13-32(14-17-33,15-18-33)30(36)20-28-25-10-6-7-11-26(25)29-21-34-19-12-27(28)29/h3-11,19,21-23,27-28,30,36H,12-18,20H2,1-2H3,(H,35,37). The topological polar surface area (TPSA) is 61.7 Å². The van der Waals surface area contributed by atoms with Crippen LogP contribution in [0, 0.1) is 16.7 Å². The molecule has 1 heterocycles. The molecule has 194 valence electrons. The van der Waals surface area contributed by atoms with Gasteiger partial charge >= 0.3 is 0 Å². The molecule has 2 aromatic carbocycles. The maximum absolute atomic E-state index is 13.6. The van der Waals surface area contributed by atoms with Crippen molar-refractivity contribution in [2.45, 2.75) is 89.2 Å². The van der Waals surface area contributed by atoms with Crippen LogP contribution >= 0.6 is 0 Å². The molecule has 5 atom stereocenters. The maximum Gasteiger partial charge on any atom is 0.226 e. The summed E-state index contributed by atoms with van der Waals surface area (Å²) in [6.45, 7) is 4.32. The smallest absolute Gasteiger partial charge is 0.226 e. The third-order valence-electron chi connectivity index (χ3n) is 10.6. The van der Waals surface area contributed by atoms with E-state index in [9.17, 15) is 9.90 Å². The van der Waals surface area contributed by atoms with Crippen molar-refractivity contribution in [2.24, 2.45) is 21.7 Å². The third-order valence-corrected chi connectivity index (χ3v) is 10.6. The van der Waals surface area contributed by atoms with E-state index in [0.717, 1.165) is 51.4 Å². The van der Waals surface area contributed by atoms with E-state index in [2.05, 4.69) is 72.7 Å². The average molecular weight is 497 g/mol. The van der Waals surface area contributed by atoms with E-state index in [-0.39, 0.29) is 34.8 Å². The Balaban J connectivity index is 1.11. The molecule has 5 unspecified atom stereocenters. The van der Waals surface area contributed by atoms with Gasteiger partial charge in [0, 0.05) is 29.8 Å². The van der Waals surface area contributed by atoms with E-state index in [1.54, 1.807) is 0 Å². The zero-order valence-electron chi connectivity index (χ0n) is 22.2. The molecule has 3 fully saturated rings. The number of aliphatic imine (C=N–C) groups is 1. The Bertz CT molecular complexity index is 1190. The van der Waals surface area contributed by atoms with Gasteiger partial charge in [0.05, 0.1) is 6.10 Å². The molecule has 1 aliphatic heterocycles. The number of amides is 1. The second kappa shape index (κ2) is 9.54. The summed E-state index contributed by atoms with van der Waals surface area (Å²) in [4.78, 5) is 18.0. The van der Waals surface area contributed by atoms with Crippen LogP contribution in [0.3, 0.4) is 0 Å². The number of aliphatic hydroxyl groups is 1. The van der Waals surface area contributed by atoms with Gasteiger partial charge in [-0.3, -0.25) is 9.79 Å². The first-order chi connectivity index (χ1) is 17.9. The fraction of sp³-hybridized carbons (Fsp3) is 0.515. The fourth-order valence-corrected chi connectivity index (χ4v) is 7.85. The van der Waals surface area contributed by atoms with Crippen molar-refractivity contribution in [1.29, 1.82) is 0 Å². The molecule has 3 saturated carbocycles. The van der Waals surface area contributed by atoms with Gasteiger partial charge in [-0.1, -0.05) is 61.5 Å². The SMILES string of the molecule is CC(NC(=O)C12CCC(C(O)CC3c4ccccc4C4=CN=CCC43)(CC1)CC2)C(C)c1ccccc1. The Labute approximate surface area is 221 Å². The molecule has 2 bridgehead atoms. The minimum absolute atomic E-state index is 0.0465. The molecule has 5 aliphatic rings. The lowest BCUT2D eigenvalue weighted by Gasteiger charge is -2.55. The number of nitrogens with one attached hydrogen (secondary N) is 1. The minimum Gasteiger partial charge on any atom is -0.393 e. The highest BCUT2D eigenvalue weighted by Crippen LogP contribution is 2.60. The number of carbonyl (C=O) groups is 1. The van der Waals surface area contributed by atoms with E-state index in [1.165, 1.54) is 22.3 Å². The fourth-order valence-electron chi connectivity index (χ4n) is 7.85. The molecule has 4 heteroatoms. The number of benzene rings is 2. The van der Waals surface area contributed by atoms with Crippen molar-refractivity contribution in [2.75, 3.05) is 0 Å². The van der Waals surface area contributed by atoms with Crippen molar-refractivity contribution in [3.05, 3.63) is 77.5 Å². The van der Waals surface area contributed by atoms with E-state index in [1.807, 2.05) is 18.5 Å². The van der Waals surface area contributed by atoms with Crippen molar-refractivity contribution in [3.63, 3.8) is 0 Å². The molecule has 4 nitrogen and oxygen atoms in total. The number of hydrogen-bond donors (Lipinski definition) is 2. The zero-order chi connectivity index (χ0) is 25.6. The predicted molar refractivity (Wildman–Crippen MR) is 149 cm³/mol. The van der Waals surface area contributed by atoms with Crippen molar-refractivity contribution < 1.29 is 9.90 Å². The van der Waals surface area contributed by atoms with Gasteiger partial charge in [0.1, 0.15) is 0 Å². The van der Waals surface area contributed by atoms with Crippen LogP contribution in [0.4, 0.5) is 0 Å². The van der Waals surface area contributed by atoms with Crippen LogP contribution in [0.1, 0.15) is 93.7 Å². The lowest BCUT2D eigenvalue weighted by molar-refractivity contribution is -0.148. The molecule has 1 amide bonds. The van der Waals surface area contributed by atoms with Gasteiger partial charge in [-0.05, 0) is 97.8 Å². The number of aliphatic hydroxyl groups excluding tert-OH is 1. The third kappa shape index (κ3) is 4.18. The molecular formula is C33H40N2O2. The van der Waals surface area contributed by atoms with Crippen LogP contribution in [0.25, 0.3) is 5.57 Å². The molecule has 0 aromatic heterocycles. The molecule has 2 N–H and O–H groups in total. The Morgan fingerprint density at radius 2 is 1.68 bits per heavy atom. The Hall–Kier alpha value is -2.72. The van der Waals surface area contributed by atoms with Gasteiger partial charge in [0.25, 0.3) is 0 Å². The zero-order valence-corrected chi connectivity index (χ0v) is 22.2. The summed E-state index contributed by atoms with van der Waals surface area (Å²) in [5.41, 5.74) is 4.99. The Morgan fingerprint density at radius 3 is 2.41 bits per heavy atom. The van der Waals surface area contributed by atoms with E-state index in [0.29, 0.717) is 11.8 Å². The van der Waals surface area contributed by atoms with Crippen molar-refractivity contribution in [3.8, 4) is 0 Å². The molecule has 2 aromatic rings. The van der Waals surface area contributed by atoms with Crippen LogP contribution in [0.5, 0.6) is 0 Å². The summed E-state index contributed by atoms with van der Waals surface area (Å²) in [6, 6.07) is 19.2. The second-order valence-corrected chi connectivity index (χ2v) is 12.3. The molecular weight excluding hydrogens is 456 g/mol. The highest BCUT2D eigenvalue weighted by Gasteiger charge is 2.55. The van der Waals surface area contributed by atoms with Crippen LogP contribution in [-0.2, 0) is 4.79 Å². The van der Waals surface area contributed by atoms with Crippen LogP contribution in [0.2, 0.25) is 0 Å². The Morgan fingerprint density at radius 1 is 1.00 bits per heavy atom. The number of rotatable bonds is 7. The number of nitrogens with zero attached hydrogens (tertiary/aromatic N) is 1. The summed E-state index contributed by atoms with van der Waals surface area (Å²) in [7, 11) is 0. The van der Waals surface area contributed by atoms with E-state index in [4.69, 9.17) is 0 Å². The Kier molecular flexibility index (Phi) is 6.35. The van der Waals surface area contributed by atoms with Gasteiger partial charge in [0.15, 0.2) is 0 Å². The number of carbonyl (C=O) groups excluding carboxylic acids is 1. The van der Waals surface area contributed by atoms with Crippen molar-refractivity contribution >= 4 is 17.7 Å². The van der Waals surface area contributed by atoms with Gasteiger partial charge in [-0.2, -0.15) is 0 Å². The predicted octanol–water partition coefficient (Wildman–Crippen LogP) is 6.62. The number of allylic oxidation sites excluding steroid dienone is 1. The summed E-state index contributed by atoms with van der Waals surface area (Å²) in [5.74, 6) is 1.26. The molecule has 4 aliphatic carbocycles. The minimum atomic E-state index is -0.331. The molecule has 37 heavy (non-hydrogen) atoms. The van der Waals surface area contributed by atoms with Gasteiger partial charge in [-0.15, -0.1) is 0 Å². The number of fused-ring (bicyclic) bond motifs is 6. The summed E-state index contributed by atoms with van der Waals surface area (Å²) in [6.07, 6.45) is 11.0. The molecule has 0 saturated heterocycles. The van der Waals surface area contributed by atoms with Crippen LogP contribution in [-0.4, -0.2) is 29.4 Å². The summed E-state index contributed by atoms with van der Waals surface area (Å²) in [5, 5.41) is 15.1. The molecule has 7 rings (SSSR count). The first kappa shape index (κ1) is 24.6. The monoisotopic (exact) mass is 496 g/mol. The first-order valence-corrected chi connectivity index (χ1v) is 14.3. The highest BCUT2D eigenvalue weighted by molar-refractivity contribution is 5.83. The lowest BCUT2D eigenvalue weighted by Crippen LogP contribution is -2.55. The second-order valence-electron chi connectivity index (χ2n) is 12.3. The highest BCUT2D eigenvalue weighted by atomic mass is 16.3. The summed E-state index contributed by atoms with van der Waals surface area (Å²) >= 11 is 0. The lowest BCUT2D eigenvalue weighted by atomic mass is 9.51. The maximum atomic E-state index is 13.6. The van der Waals surface area contributed by atoms with Gasteiger partial charge in [0.2, 0.25) is 5.91 Å². The number of hydrogen-bond acceptors (Lipinski definition) is 3. The van der Waals surface area contributed by atoms with Crippen LogP contribution in [0.15, 0.2) is 65.8 Å². The first-order valence-electron chi connectivity index (χ1n) is 14.3. The van der Waals surface area contributed by atoms with Gasteiger partial charge in [-0.25, -0.2) is 0 Å². The largest absolute Gasteiger partial charge is 0.393 e. The average Bonchev–Trinajstić information content (AvgIpc) is 3.27. The summed E-state index contributed by atoms with van der Waals surface area (Å²) < 4.78 is 0. The van der Waals surface area contributed by atoms with E-state index >= 15 is 0 Å².